The van der Waals surface area contributed by atoms with Gasteiger partial charge in [-0.25, -0.2) is 0 Å². The number of nitrogens with zero attached hydrogens (tertiary/aromatic N) is 1. The van der Waals surface area contributed by atoms with E-state index in [2.05, 4.69) is 35.0 Å². The van der Waals surface area contributed by atoms with E-state index in [9.17, 15) is 4.79 Å². The molecule has 18 heavy (non-hydrogen) atoms. The van der Waals surface area contributed by atoms with Crippen molar-refractivity contribution in [3.8, 4) is 0 Å². The number of benzene rings is 1. The van der Waals surface area contributed by atoms with Gasteiger partial charge < -0.3 is 10.2 Å². The zero-order valence-corrected chi connectivity index (χ0v) is 11.6. The van der Waals surface area contributed by atoms with Crippen LogP contribution in [-0.4, -0.2) is 38.0 Å². The summed E-state index contributed by atoms with van der Waals surface area (Å²) in [7, 11) is 3.65. The number of thiophene rings is 1. The number of fused-ring (bicyclic) bond motifs is 1. The van der Waals surface area contributed by atoms with Crippen LogP contribution in [0.5, 0.6) is 0 Å². The van der Waals surface area contributed by atoms with Crippen molar-refractivity contribution in [2.75, 3.05) is 27.2 Å². The zero-order valence-electron chi connectivity index (χ0n) is 10.8. The summed E-state index contributed by atoms with van der Waals surface area (Å²) in [6, 6.07) is 8.41. The summed E-state index contributed by atoms with van der Waals surface area (Å²) in [5, 5.41) is 6.39. The van der Waals surface area contributed by atoms with E-state index in [1.165, 1.54) is 15.6 Å². The van der Waals surface area contributed by atoms with Gasteiger partial charge in [-0.05, 0) is 35.9 Å². The van der Waals surface area contributed by atoms with E-state index in [-0.39, 0.29) is 5.91 Å². The van der Waals surface area contributed by atoms with Crippen LogP contribution >= 0.6 is 11.3 Å². The molecule has 0 unspecified atom stereocenters. The molecule has 0 atom stereocenters. The SMILES string of the molecule is CNCC(=O)N(C)CCc1csc2ccccc12. The highest BCUT2D eigenvalue weighted by atomic mass is 32.1. The van der Waals surface area contributed by atoms with Crippen molar-refractivity contribution >= 4 is 27.3 Å². The molecule has 0 radical (unpaired) electrons. The van der Waals surface area contributed by atoms with E-state index in [4.69, 9.17) is 0 Å². The Balaban J connectivity index is 2.00. The van der Waals surface area contributed by atoms with Crippen molar-refractivity contribution in [1.29, 1.82) is 0 Å². The first-order chi connectivity index (χ1) is 8.72. The number of hydrogen-bond acceptors (Lipinski definition) is 3. The van der Waals surface area contributed by atoms with Crippen LogP contribution in [0, 0.1) is 0 Å². The highest BCUT2D eigenvalue weighted by molar-refractivity contribution is 7.17. The van der Waals surface area contributed by atoms with Crippen LogP contribution in [0.15, 0.2) is 29.6 Å². The number of likely N-dealkylation sites (N-methyl/N-ethyl adjacent to an activating group) is 2. The van der Waals surface area contributed by atoms with Gasteiger partial charge in [0.1, 0.15) is 0 Å². The molecule has 0 aliphatic rings. The number of rotatable bonds is 5. The number of hydrogen-bond donors (Lipinski definition) is 1. The quantitative estimate of drug-likeness (QED) is 0.895. The van der Waals surface area contributed by atoms with Gasteiger partial charge >= 0.3 is 0 Å². The molecule has 2 rings (SSSR count). The summed E-state index contributed by atoms with van der Waals surface area (Å²) in [6.07, 6.45) is 0.913. The minimum Gasteiger partial charge on any atom is -0.344 e. The summed E-state index contributed by atoms with van der Waals surface area (Å²) in [6.45, 7) is 1.17. The second-order valence-corrected chi connectivity index (χ2v) is 5.26. The van der Waals surface area contributed by atoms with E-state index < -0.39 is 0 Å². The van der Waals surface area contributed by atoms with Crippen LogP contribution in [-0.2, 0) is 11.2 Å². The van der Waals surface area contributed by atoms with Crippen molar-refractivity contribution in [3.05, 3.63) is 35.2 Å². The van der Waals surface area contributed by atoms with Gasteiger partial charge in [-0.15, -0.1) is 11.3 Å². The zero-order chi connectivity index (χ0) is 13.0. The lowest BCUT2D eigenvalue weighted by molar-refractivity contribution is -0.128. The van der Waals surface area contributed by atoms with Crippen LogP contribution in [0.25, 0.3) is 10.1 Å². The summed E-state index contributed by atoms with van der Waals surface area (Å²) in [5.41, 5.74) is 1.33. The van der Waals surface area contributed by atoms with Gasteiger partial charge in [-0.3, -0.25) is 4.79 Å². The number of carbonyl (C=O) groups excluding carboxylic acids is 1. The van der Waals surface area contributed by atoms with Gasteiger partial charge in [0, 0.05) is 18.3 Å². The Morgan fingerprint density at radius 2 is 2.17 bits per heavy atom. The number of carbonyl (C=O) groups is 1. The molecule has 1 aromatic carbocycles. The lowest BCUT2D eigenvalue weighted by Gasteiger charge is -2.16. The monoisotopic (exact) mass is 262 g/mol. The highest BCUT2D eigenvalue weighted by Crippen LogP contribution is 2.25. The van der Waals surface area contributed by atoms with Crippen LogP contribution in [0.2, 0.25) is 0 Å². The second kappa shape index (κ2) is 5.98. The van der Waals surface area contributed by atoms with E-state index >= 15 is 0 Å². The van der Waals surface area contributed by atoms with E-state index in [0.29, 0.717) is 6.54 Å². The molecule has 1 heterocycles. The molecule has 96 valence electrons. The summed E-state index contributed by atoms with van der Waals surface area (Å²) in [4.78, 5) is 13.4. The van der Waals surface area contributed by atoms with Gasteiger partial charge in [-0.2, -0.15) is 0 Å². The Labute approximate surface area is 111 Å². The van der Waals surface area contributed by atoms with Crippen molar-refractivity contribution in [3.63, 3.8) is 0 Å². The van der Waals surface area contributed by atoms with Crippen molar-refractivity contribution < 1.29 is 4.79 Å². The molecule has 1 aromatic heterocycles. The van der Waals surface area contributed by atoms with Gasteiger partial charge in [0.05, 0.1) is 6.54 Å². The number of nitrogens with one attached hydrogen (secondary N) is 1. The van der Waals surface area contributed by atoms with E-state index in [0.717, 1.165) is 13.0 Å². The second-order valence-electron chi connectivity index (χ2n) is 4.35. The Morgan fingerprint density at radius 1 is 1.39 bits per heavy atom. The van der Waals surface area contributed by atoms with Crippen LogP contribution in [0.1, 0.15) is 5.56 Å². The predicted molar refractivity (Wildman–Crippen MR) is 77.1 cm³/mol. The fourth-order valence-corrected chi connectivity index (χ4v) is 2.92. The third kappa shape index (κ3) is 2.89. The largest absolute Gasteiger partial charge is 0.344 e. The topological polar surface area (TPSA) is 32.3 Å². The average molecular weight is 262 g/mol. The molecule has 0 bridgehead atoms. The van der Waals surface area contributed by atoms with Crippen molar-refractivity contribution in [2.45, 2.75) is 6.42 Å². The molecule has 0 spiro atoms. The normalized spacial score (nSPS) is 10.8. The molecule has 0 saturated carbocycles. The molecular formula is C14H18N2OS. The van der Waals surface area contributed by atoms with Crippen LogP contribution in [0.3, 0.4) is 0 Å². The smallest absolute Gasteiger partial charge is 0.236 e. The number of amides is 1. The van der Waals surface area contributed by atoms with Gasteiger partial charge in [0.25, 0.3) is 0 Å². The molecule has 1 amide bonds. The third-order valence-corrected chi connectivity index (χ3v) is 4.04. The Hall–Kier alpha value is -1.39. The Morgan fingerprint density at radius 3 is 2.94 bits per heavy atom. The first kappa shape index (κ1) is 13.1. The molecular weight excluding hydrogens is 244 g/mol. The molecule has 3 nitrogen and oxygen atoms in total. The average Bonchev–Trinajstić information content (AvgIpc) is 2.79. The first-order valence-corrected chi connectivity index (χ1v) is 6.94. The van der Waals surface area contributed by atoms with E-state index in [1.54, 1.807) is 23.3 Å². The first-order valence-electron chi connectivity index (χ1n) is 6.06. The molecule has 1 N–H and O–H groups in total. The maximum absolute atomic E-state index is 11.6. The molecule has 0 fully saturated rings. The van der Waals surface area contributed by atoms with Gasteiger partial charge in [0.15, 0.2) is 0 Å². The lowest BCUT2D eigenvalue weighted by atomic mass is 10.1. The Bertz CT molecular complexity index is 535. The standard InChI is InChI=1S/C14H18N2OS/c1-15-9-14(17)16(2)8-7-11-10-18-13-6-4-3-5-12(11)13/h3-6,10,15H,7-9H2,1-2H3. The third-order valence-electron chi connectivity index (χ3n) is 3.03. The van der Waals surface area contributed by atoms with Crippen LogP contribution < -0.4 is 5.32 Å². The maximum Gasteiger partial charge on any atom is 0.236 e. The van der Waals surface area contributed by atoms with Gasteiger partial charge in [-0.1, -0.05) is 18.2 Å². The minimum absolute atomic E-state index is 0.136. The summed E-state index contributed by atoms with van der Waals surface area (Å²) < 4.78 is 1.32. The molecule has 0 aliphatic heterocycles. The lowest BCUT2D eigenvalue weighted by Crippen LogP contribution is -2.35. The molecule has 0 aliphatic carbocycles. The summed E-state index contributed by atoms with van der Waals surface area (Å²) >= 11 is 1.77. The molecule has 4 heteroatoms. The van der Waals surface area contributed by atoms with Crippen molar-refractivity contribution in [2.24, 2.45) is 0 Å². The predicted octanol–water partition coefficient (Wildman–Crippen LogP) is 2.12. The Kier molecular flexibility index (Phi) is 4.33. The molecule has 2 aromatic rings. The van der Waals surface area contributed by atoms with Crippen molar-refractivity contribution in [1.82, 2.24) is 10.2 Å². The maximum atomic E-state index is 11.6. The fraction of sp³-hybridized carbons (Fsp3) is 0.357. The van der Waals surface area contributed by atoms with E-state index in [1.807, 2.05) is 7.05 Å². The fourth-order valence-electron chi connectivity index (χ4n) is 1.93. The van der Waals surface area contributed by atoms with Gasteiger partial charge in [0.2, 0.25) is 5.91 Å². The highest BCUT2D eigenvalue weighted by Gasteiger charge is 2.09. The summed E-state index contributed by atoms with van der Waals surface area (Å²) in [5.74, 6) is 0.136. The minimum atomic E-state index is 0.136. The molecule has 0 saturated heterocycles. The van der Waals surface area contributed by atoms with Crippen LogP contribution in [0.4, 0.5) is 0 Å².